The van der Waals surface area contributed by atoms with Gasteiger partial charge in [0.1, 0.15) is 5.75 Å². The Kier molecular flexibility index (Phi) is 6.85. The van der Waals surface area contributed by atoms with Crippen LogP contribution in [0.3, 0.4) is 0 Å². The van der Waals surface area contributed by atoms with Crippen LogP contribution in [0, 0.1) is 5.41 Å². The van der Waals surface area contributed by atoms with E-state index in [1.54, 1.807) is 7.05 Å². The van der Waals surface area contributed by atoms with E-state index in [-0.39, 0.29) is 21.8 Å². The summed E-state index contributed by atoms with van der Waals surface area (Å²) in [5.74, 6) is 0.0192. The van der Waals surface area contributed by atoms with Crippen molar-refractivity contribution in [2.45, 2.75) is 18.7 Å². The fourth-order valence-corrected chi connectivity index (χ4v) is 4.37. The zero-order valence-electron chi connectivity index (χ0n) is 16.4. The molecule has 1 aliphatic heterocycles. The van der Waals surface area contributed by atoms with Gasteiger partial charge >= 0.3 is 0 Å². The van der Waals surface area contributed by atoms with Crippen LogP contribution in [0.2, 0.25) is 0 Å². The molecule has 0 aliphatic carbocycles. The SMILES string of the molecule is COc1ccc(S(=O)(=O)N2CCOCC2)cc1C(=O)N(C)CC(C)(C)CN. The molecule has 2 N–H and O–H groups in total. The van der Waals surface area contributed by atoms with Gasteiger partial charge in [-0.25, -0.2) is 8.42 Å². The first-order valence-electron chi connectivity index (χ1n) is 8.84. The summed E-state index contributed by atoms with van der Waals surface area (Å²) in [6.07, 6.45) is 0. The van der Waals surface area contributed by atoms with Gasteiger partial charge in [0, 0.05) is 26.7 Å². The van der Waals surface area contributed by atoms with E-state index in [9.17, 15) is 13.2 Å². The maximum absolute atomic E-state index is 13.0. The molecule has 1 aliphatic rings. The van der Waals surface area contributed by atoms with E-state index in [2.05, 4.69) is 0 Å². The van der Waals surface area contributed by atoms with Crippen LogP contribution in [0.5, 0.6) is 5.75 Å². The van der Waals surface area contributed by atoms with Crippen molar-refractivity contribution < 1.29 is 22.7 Å². The molecule has 1 heterocycles. The van der Waals surface area contributed by atoms with E-state index in [0.29, 0.717) is 45.1 Å². The standard InChI is InChI=1S/C18H29N3O5S/c1-18(2,12-19)13-20(3)17(22)15-11-14(5-6-16(15)25-4)27(23,24)21-7-9-26-10-8-21/h5-6,11H,7-10,12-13,19H2,1-4H3. The second-order valence-electron chi connectivity index (χ2n) is 7.41. The first-order valence-corrected chi connectivity index (χ1v) is 10.3. The maximum atomic E-state index is 13.0. The molecule has 8 nitrogen and oxygen atoms in total. The number of hydrogen-bond donors (Lipinski definition) is 1. The van der Waals surface area contributed by atoms with Gasteiger partial charge in [-0.2, -0.15) is 4.31 Å². The van der Waals surface area contributed by atoms with Crippen molar-refractivity contribution in [2.24, 2.45) is 11.1 Å². The Bertz CT molecular complexity index is 773. The smallest absolute Gasteiger partial charge is 0.257 e. The van der Waals surface area contributed by atoms with Crippen LogP contribution in [0.15, 0.2) is 23.1 Å². The first-order chi connectivity index (χ1) is 12.6. The van der Waals surface area contributed by atoms with E-state index < -0.39 is 10.0 Å². The minimum absolute atomic E-state index is 0.0695. The summed E-state index contributed by atoms with van der Waals surface area (Å²) in [4.78, 5) is 14.6. The molecule has 0 bridgehead atoms. The quantitative estimate of drug-likeness (QED) is 0.727. The third-order valence-electron chi connectivity index (χ3n) is 4.57. The molecule has 27 heavy (non-hydrogen) atoms. The molecule has 0 atom stereocenters. The Hall–Kier alpha value is -1.68. The molecule has 152 valence electrons. The first kappa shape index (κ1) is 21.6. The normalized spacial score (nSPS) is 16.2. The molecule has 2 rings (SSSR count). The highest BCUT2D eigenvalue weighted by atomic mass is 32.2. The highest BCUT2D eigenvalue weighted by molar-refractivity contribution is 7.89. The Morgan fingerprint density at radius 2 is 1.96 bits per heavy atom. The van der Waals surface area contributed by atoms with Crippen LogP contribution in [-0.2, 0) is 14.8 Å². The van der Waals surface area contributed by atoms with Gasteiger partial charge in [-0.1, -0.05) is 13.8 Å². The van der Waals surface area contributed by atoms with Crippen molar-refractivity contribution in [3.05, 3.63) is 23.8 Å². The number of amides is 1. The molecular formula is C18H29N3O5S. The van der Waals surface area contributed by atoms with Gasteiger partial charge in [-0.15, -0.1) is 0 Å². The fraction of sp³-hybridized carbons (Fsp3) is 0.611. The van der Waals surface area contributed by atoms with Crippen LogP contribution in [0.4, 0.5) is 0 Å². The zero-order valence-corrected chi connectivity index (χ0v) is 17.2. The van der Waals surface area contributed by atoms with E-state index in [1.807, 2.05) is 13.8 Å². The van der Waals surface area contributed by atoms with Crippen molar-refractivity contribution in [3.8, 4) is 5.75 Å². The molecule has 0 unspecified atom stereocenters. The van der Waals surface area contributed by atoms with Crippen molar-refractivity contribution in [2.75, 3.05) is 53.6 Å². The predicted octanol–water partition coefficient (Wildman–Crippen LogP) is 0.773. The summed E-state index contributed by atoms with van der Waals surface area (Å²) >= 11 is 0. The second kappa shape index (κ2) is 8.55. The van der Waals surface area contributed by atoms with Gasteiger partial charge in [0.25, 0.3) is 5.91 Å². The molecule has 0 aromatic heterocycles. The summed E-state index contributed by atoms with van der Waals surface area (Å²) in [7, 11) is -0.582. The van der Waals surface area contributed by atoms with E-state index in [0.717, 1.165) is 0 Å². The zero-order chi connectivity index (χ0) is 20.2. The predicted molar refractivity (Wildman–Crippen MR) is 102 cm³/mol. The van der Waals surface area contributed by atoms with Crippen molar-refractivity contribution >= 4 is 15.9 Å². The topological polar surface area (TPSA) is 102 Å². The molecule has 0 saturated carbocycles. The van der Waals surface area contributed by atoms with Gasteiger partial charge in [0.05, 0.1) is 30.8 Å². The summed E-state index contributed by atoms with van der Waals surface area (Å²) in [6.45, 7) is 6.10. The lowest BCUT2D eigenvalue weighted by Gasteiger charge is -2.29. The van der Waals surface area contributed by atoms with Gasteiger partial charge in [0.2, 0.25) is 10.0 Å². The highest BCUT2D eigenvalue weighted by Crippen LogP contribution is 2.27. The number of morpholine rings is 1. The number of benzene rings is 1. The molecule has 1 saturated heterocycles. The lowest BCUT2D eigenvalue weighted by molar-refractivity contribution is 0.0728. The molecule has 1 aromatic rings. The molecule has 0 radical (unpaired) electrons. The molecule has 9 heteroatoms. The van der Waals surface area contributed by atoms with E-state index in [4.69, 9.17) is 15.2 Å². The average molecular weight is 400 g/mol. The van der Waals surface area contributed by atoms with Crippen molar-refractivity contribution in [1.82, 2.24) is 9.21 Å². The molecule has 1 aromatic carbocycles. The van der Waals surface area contributed by atoms with Crippen LogP contribution in [-0.4, -0.2) is 77.1 Å². The number of carbonyl (C=O) groups is 1. The third kappa shape index (κ3) is 4.98. The van der Waals surface area contributed by atoms with Crippen molar-refractivity contribution in [3.63, 3.8) is 0 Å². The van der Waals surface area contributed by atoms with Crippen LogP contribution in [0.25, 0.3) is 0 Å². The Balaban J connectivity index is 2.36. The number of hydrogen-bond acceptors (Lipinski definition) is 6. The second-order valence-corrected chi connectivity index (χ2v) is 9.35. The minimum atomic E-state index is -3.70. The number of nitrogens with two attached hydrogens (primary N) is 1. The molecule has 1 amide bonds. The number of rotatable bonds is 7. The monoisotopic (exact) mass is 399 g/mol. The minimum Gasteiger partial charge on any atom is -0.496 e. The largest absolute Gasteiger partial charge is 0.496 e. The van der Waals surface area contributed by atoms with Gasteiger partial charge in [-0.05, 0) is 30.2 Å². The summed E-state index contributed by atoms with van der Waals surface area (Å²) < 4.78 is 37.7. The maximum Gasteiger partial charge on any atom is 0.257 e. The number of ether oxygens (including phenoxy) is 2. The molecule has 1 fully saturated rings. The Morgan fingerprint density at radius 1 is 1.33 bits per heavy atom. The summed E-state index contributed by atoms with van der Waals surface area (Å²) in [6, 6.07) is 4.37. The summed E-state index contributed by atoms with van der Waals surface area (Å²) in [5, 5.41) is 0. The Morgan fingerprint density at radius 3 is 2.52 bits per heavy atom. The van der Waals surface area contributed by atoms with E-state index in [1.165, 1.54) is 34.5 Å². The lowest BCUT2D eigenvalue weighted by Crippen LogP contribution is -2.41. The van der Waals surface area contributed by atoms with Crippen molar-refractivity contribution in [1.29, 1.82) is 0 Å². The molecule has 0 spiro atoms. The van der Waals surface area contributed by atoms with Gasteiger partial charge in [0.15, 0.2) is 0 Å². The number of nitrogens with zero attached hydrogens (tertiary/aromatic N) is 2. The highest BCUT2D eigenvalue weighted by Gasteiger charge is 2.29. The van der Waals surface area contributed by atoms with Crippen LogP contribution < -0.4 is 10.5 Å². The van der Waals surface area contributed by atoms with Crippen LogP contribution in [0.1, 0.15) is 24.2 Å². The van der Waals surface area contributed by atoms with Gasteiger partial charge < -0.3 is 20.1 Å². The van der Waals surface area contributed by atoms with Gasteiger partial charge in [-0.3, -0.25) is 4.79 Å². The summed E-state index contributed by atoms with van der Waals surface area (Å²) in [5.41, 5.74) is 5.71. The number of sulfonamides is 1. The average Bonchev–Trinajstić information content (AvgIpc) is 2.67. The van der Waals surface area contributed by atoms with E-state index >= 15 is 0 Å². The lowest BCUT2D eigenvalue weighted by atomic mass is 9.93. The molecular weight excluding hydrogens is 370 g/mol. The third-order valence-corrected chi connectivity index (χ3v) is 6.47. The number of carbonyl (C=O) groups excluding carboxylic acids is 1. The fourth-order valence-electron chi connectivity index (χ4n) is 2.93. The Labute approximate surface area is 161 Å². The number of methoxy groups -OCH3 is 1. The van der Waals surface area contributed by atoms with Crippen LogP contribution >= 0.6 is 0 Å².